The molecule has 3 N–H and O–H groups in total. The smallest absolute Gasteiger partial charge is 0.206 e. The third-order valence-corrected chi connectivity index (χ3v) is 2.10. The minimum Gasteiger partial charge on any atom is -0.409 e. The summed E-state index contributed by atoms with van der Waals surface area (Å²) in [6.07, 6.45) is 0. The number of oxime groups is 1. The Balaban J connectivity index is 3.21. The fourth-order valence-electron chi connectivity index (χ4n) is 1.25. The number of nitrogens with zero attached hydrogens (tertiary/aromatic N) is 3. The van der Waals surface area contributed by atoms with E-state index in [1.54, 1.807) is 11.5 Å². The average Bonchev–Trinajstić information content (AvgIpc) is 2.45. The predicted octanol–water partition coefficient (Wildman–Crippen LogP) is 0.564. The fourth-order valence-corrected chi connectivity index (χ4v) is 1.25. The summed E-state index contributed by atoms with van der Waals surface area (Å²) >= 11 is 0. The van der Waals surface area contributed by atoms with Gasteiger partial charge < -0.3 is 15.5 Å². The summed E-state index contributed by atoms with van der Waals surface area (Å²) in [7, 11) is 0. The molecule has 1 aromatic rings. The van der Waals surface area contributed by atoms with Crippen LogP contribution in [0.4, 0.5) is 4.39 Å². The van der Waals surface area contributed by atoms with Crippen LogP contribution in [0.5, 0.6) is 0 Å². The van der Waals surface area contributed by atoms with Crippen molar-refractivity contribution < 1.29 is 9.60 Å². The van der Waals surface area contributed by atoms with Crippen LogP contribution in [0.3, 0.4) is 0 Å². The van der Waals surface area contributed by atoms with Crippen molar-refractivity contribution in [3.8, 4) is 0 Å². The molecule has 0 atom stereocenters. The number of aromatic nitrogens is 2. The molecule has 0 saturated carbocycles. The Bertz CT molecular complexity index is 358. The van der Waals surface area contributed by atoms with E-state index in [2.05, 4.69) is 10.1 Å². The van der Waals surface area contributed by atoms with Crippen LogP contribution < -0.4 is 5.73 Å². The maximum absolute atomic E-state index is 12.2. The van der Waals surface area contributed by atoms with Gasteiger partial charge in [0, 0.05) is 5.69 Å². The molecule has 5 nitrogen and oxygen atoms in total. The van der Waals surface area contributed by atoms with Crippen molar-refractivity contribution in [1.82, 2.24) is 9.55 Å². The molecule has 0 saturated heterocycles. The molecule has 6 heteroatoms. The van der Waals surface area contributed by atoms with E-state index in [0.29, 0.717) is 5.82 Å². The third-order valence-electron chi connectivity index (χ3n) is 2.10. The summed E-state index contributed by atoms with van der Waals surface area (Å²) in [5, 5.41) is 11.3. The van der Waals surface area contributed by atoms with Gasteiger partial charge in [-0.05, 0) is 13.8 Å². The summed E-state index contributed by atoms with van der Waals surface area (Å²) < 4.78 is 13.8. The Morgan fingerprint density at radius 1 is 1.64 bits per heavy atom. The maximum atomic E-state index is 12.2. The molecule has 0 aromatic carbocycles. The first-order chi connectivity index (χ1) is 6.61. The van der Waals surface area contributed by atoms with E-state index in [-0.39, 0.29) is 12.4 Å². The van der Waals surface area contributed by atoms with E-state index in [9.17, 15) is 4.39 Å². The Hall–Kier alpha value is -1.59. The zero-order chi connectivity index (χ0) is 10.7. The first-order valence-electron chi connectivity index (χ1n) is 4.19. The highest BCUT2D eigenvalue weighted by Gasteiger charge is 2.13. The molecule has 1 heterocycles. The Labute approximate surface area is 81.0 Å². The minimum absolute atomic E-state index is 0.102. The molecule has 0 aliphatic rings. The van der Waals surface area contributed by atoms with Gasteiger partial charge >= 0.3 is 0 Å². The highest BCUT2D eigenvalue weighted by molar-refractivity contribution is 5.94. The van der Waals surface area contributed by atoms with Crippen LogP contribution in [-0.4, -0.2) is 27.3 Å². The quantitative estimate of drug-likeness (QED) is 0.324. The van der Waals surface area contributed by atoms with Crippen molar-refractivity contribution in [2.75, 3.05) is 6.67 Å². The molecule has 0 spiro atoms. The van der Waals surface area contributed by atoms with Crippen molar-refractivity contribution in [1.29, 1.82) is 0 Å². The normalized spacial score (nSPS) is 12.1. The average molecular weight is 200 g/mol. The number of aryl methyl sites for hydroxylation is 1. The highest BCUT2D eigenvalue weighted by Crippen LogP contribution is 2.09. The minimum atomic E-state index is -0.512. The van der Waals surface area contributed by atoms with Crippen LogP contribution >= 0.6 is 0 Å². The lowest BCUT2D eigenvalue weighted by Gasteiger charge is -2.05. The largest absolute Gasteiger partial charge is 0.409 e. The summed E-state index contributed by atoms with van der Waals surface area (Å²) in [6, 6.07) is 0. The lowest BCUT2D eigenvalue weighted by Crippen LogP contribution is -2.20. The van der Waals surface area contributed by atoms with Crippen LogP contribution in [0.1, 0.15) is 17.2 Å². The van der Waals surface area contributed by atoms with Crippen LogP contribution in [0, 0.1) is 13.8 Å². The van der Waals surface area contributed by atoms with Crippen LogP contribution in [-0.2, 0) is 6.54 Å². The molecule has 0 aliphatic heterocycles. The fraction of sp³-hybridized carbons (Fsp3) is 0.500. The summed E-state index contributed by atoms with van der Waals surface area (Å²) in [4.78, 5) is 4.08. The number of amidine groups is 1. The standard InChI is InChI=1S/C8H13FN4O/c1-5-6(2)13(4-3-9)8(11-5)7(10)12-14/h14H,3-4H2,1-2H3,(H2,10,12). The van der Waals surface area contributed by atoms with Crippen molar-refractivity contribution in [2.24, 2.45) is 10.9 Å². The van der Waals surface area contributed by atoms with Gasteiger partial charge in [0.15, 0.2) is 5.82 Å². The molecule has 14 heavy (non-hydrogen) atoms. The molecule has 0 unspecified atom stereocenters. The number of halogens is 1. The lowest BCUT2D eigenvalue weighted by atomic mass is 10.4. The SMILES string of the molecule is Cc1nc(/C(N)=N/O)n(CCF)c1C. The van der Waals surface area contributed by atoms with Crippen LogP contribution in [0.2, 0.25) is 0 Å². The zero-order valence-electron chi connectivity index (χ0n) is 8.16. The molecule has 0 bridgehead atoms. The second kappa shape index (κ2) is 4.08. The summed E-state index contributed by atoms with van der Waals surface area (Å²) in [6.45, 7) is 3.25. The molecule has 78 valence electrons. The van der Waals surface area contributed by atoms with Gasteiger partial charge in [-0.1, -0.05) is 5.16 Å². The highest BCUT2D eigenvalue weighted by atomic mass is 19.1. The molecule has 0 fully saturated rings. The predicted molar refractivity (Wildman–Crippen MR) is 50.2 cm³/mol. The van der Waals surface area contributed by atoms with E-state index in [4.69, 9.17) is 10.9 Å². The van der Waals surface area contributed by atoms with Crippen molar-refractivity contribution in [3.05, 3.63) is 17.2 Å². The van der Waals surface area contributed by atoms with E-state index in [1.165, 1.54) is 0 Å². The number of hydrogen-bond donors (Lipinski definition) is 2. The maximum Gasteiger partial charge on any atom is 0.206 e. The third kappa shape index (κ3) is 1.68. The number of alkyl halides is 1. The first kappa shape index (κ1) is 10.5. The van der Waals surface area contributed by atoms with Gasteiger partial charge in [-0.15, -0.1) is 0 Å². The van der Waals surface area contributed by atoms with Crippen molar-refractivity contribution in [3.63, 3.8) is 0 Å². The van der Waals surface area contributed by atoms with Crippen molar-refractivity contribution >= 4 is 5.84 Å². The molecule has 1 rings (SSSR count). The number of imidazole rings is 1. The molecule has 1 aromatic heterocycles. The second-order valence-corrected chi connectivity index (χ2v) is 2.93. The molecular formula is C8H13FN4O. The topological polar surface area (TPSA) is 76.4 Å². The van der Waals surface area contributed by atoms with Crippen molar-refractivity contribution in [2.45, 2.75) is 20.4 Å². The van der Waals surface area contributed by atoms with Gasteiger partial charge in [0.05, 0.1) is 12.2 Å². The number of rotatable bonds is 3. The Morgan fingerprint density at radius 3 is 2.79 bits per heavy atom. The summed E-state index contributed by atoms with van der Waals surface area (Å²) in [5.41, 5.74) is 6.98. The second-order valence-electron chi connectivity index (χ2n) is 2.93. The Morgan fingerprint density at radius 2 is 2.29 bits per heavy atom. The van der Waals surface area contributed by atoms with E-state index in [1.807, 2.05) is 6.92 Å². The molecular weight excluding hydrogens is 187 g/mol. The van der Waals surface area contributed by atoms with Crippen LogP contribution in [0.15, 0.2) is 5.16 Å². The number of hydrogen-bond acceptors (Lipinski definition) is 3. The van der Waals surface area contributed by atoms with E-state index >= 15 is 0 Å². The molecule has 0 aliphatic carbocycles. The van der Waals surface area contributed by atoms with Gasteiger partial charge in [-0.2, -0.15) is 0 Å². The first-order valence-corrected chi connectivity index (χ1v) is 4.19. The molecule has 0 amide bonds. The van der Waals surface area contributed by atoms with E-state index < -0.39 is 6.67 Å². The molecule has 0 radical (unpaired) electrons. The van der Waals surface area contributed by atoms with Gasteiger partial charge in [0.1, 0.15) is 6.67 Å². The van der Waals surface area contributed by atoms with Gasteiger partial charge in [-0.25, -0.2) is 9.37 Å². The zero-order valence-corrected chi connectivity index (χ0v) is 8.16. The van der Waals surface area contributed by atoms with Crippen LogP contribution in [0.25, 0.3) is 0 Å². The van der Waals surface area contributed by atoms with E-state index in [0.717, 1.165) is 11.4 Å². The Kier molecular flexibility index (Phi) is 3.06. The lowest BCUT2D eigenvalue weighted by molar-refractivity contribution is 0.318. The van der Waals surface area contributed by atoms with Gasteiger partial charge in [-0.3, -0.25) is 0 Å². The number of nitrogens with two attached hydrogens (primary N) is 1. The summed E-state index contributed by atoms with van der Waals surface area (Å²) in [5.74, 6) is 0.204. The monoisotopic (exact) mass is 200 g/mol. The van der Waals surface area contributed by atoms with Gasteiger partial charge in [0.2, 0.25) is 5.84 Å². The van der Waals surface area contributed by atoms with Gasteiger partial charge in [0.25, 0.3) is 0 Å².